The first-order chi connectivity index (χ1) is 8.99. The van der Waals surface area contributed by atoms with Crippen LogP contribution < -0.4 is 10.5 Å². The van der Waals surface area contributed by atoms with E-state index in [-0.39, 0.29) is 16.5 Å². The quantitative estimate of drug-likeness (QED) is 0.869. The molecule has 2 rings (SSSR count). The summed E-state index contributed by atoms with van der Waals surface area (Å²) in [5.74, 6) is -2.18. The van der Waals surface area contributed by atoms with Gasteiger partial charge in [-0.25, -0.2) is 4.39 Å². The normalized spacial score (nSPS) is 10.3. The molecule has 0 saturated heterocycles. The van der Waals surface area contributed by atoms with E-state index in [0.717, 1.165) is 6.07 Å². The molecule has 6 heteroatoms. The summed E-state index contributed by atoms with van der Waals surface area (Å²) in [7, 11) is 0. The first-order valence-corrected chi connectivity index (χ1v) is 5.99. The van der Waals surface area contributed by atoms with Crippen LogP contribution in [-0.2, 0) is 0 Å². The lowest BCUT2D eigenvalue weighted by molar-refractivity contribution is 0.415. The number of rotatable bonds is 3. The SMILES string of the molecule is NC(=S)c1ccc(Cl)cc1Oc1cccc(F)c1F. The first-order valence-electron chi connectivity index (χ1n) is 5.20. The average molecular weight is 300 g/mol. The van der Waals surface area contributed by atoms with Crippen LogP contribution in [0.1, 0.15) is 5.56 Å². The van der Waals surface area contributed by atoms with Crippen molar-refractivity contribution < 1.29 is 13.5 Å². The number of halogens is 3. The van der Waals surface area contributed by atoms with Crippen molar-refractivity contribution in [3.05, 3.63) is 58.6 Å². The Bertz CT molecular complexity index is 649. The van der Waals surface area contributed by atoms with E-state index in [4.69, 9.17) is 34.3 Å². The van der Waals surface area contributed by atoms with Crippen molar-refractivity contribution in [3.8, 4) is 11.5 Å². The number of hydrogen-bond acceptors (Lipinski definition) is 2. The van der Waals surface area contributed by atoms with Gasteiger partial charge in [0.15, 0.2) is 11.6 Å². The fourth-order valence-corrected chi connectivity index (χ4v) is 1.80. The Hall–Kier alpha value is -1.72. The maximum absolute atomic E-state index is 13.5. The number of hydrogen-bond donors (Lipinski definition) is 1. The second-order valence-electron chi connectivity index (χ2n) is 3.66. The lowest BCUT2D eigenvalue weighted by Gasteiger charge is -2.11. The van der Waals surface area contributed by atoms with Crippen LogP contribution in [0.25, 0.3) is 0 Å². The minimum Gasteiger partial charge on any atom is -0.453 e. The molecular formula is C13H8ClF2NOS. The van der Waals surface area contributed by atoms with Crippen LogP contribution >= 0.6 is 23.8 Å². The number of benzene rings is 2. The first kappa shape index (κ1) is 13.7. The smallest absolute Gasteiger partial charge is 0.201 e. The topological polar surface area (TPSA) is 35.2 Å². The van der Waals surface area contributed by atoms with Gasteiger partial charge in [0, 0.05) is 11.1 Å². The van der Waals surface area contributed by atoms with Crippen LogP contribution in [0.3, 0.4) is 0 Å². The second-order valence-corrected chi connectivity index (χ2v) is 4.54. The summed E-state index contributed by atoms with van der Waals surface area (Å²) in [5, 5.41) is 0.367. The Morgan fingerprint density at radius 3 is 2.58 bits per heavy atom. The minimum atomic E-state index is -1.09. The molecule has 2 nitrogen and oxygen atoms in total. The van der Waals surface area contributed by atoms with Gasteiger partial charge in [0.25, 0.3) is 0 Å². The summed E-state index contributed by atoms with van der Waals surface area (Å²) in [6.45, 7) is 0. The summed E-state index contributed by atoms with van der Waals surface area (Å²) in [6.07, 6.45) is 0. The van der Waals surface area contributed by atoms with E-state index in [9.17, 15) is 8.78 Å². The molecule has 0 aliphatic heterocycles. The average Bonchev–Trinajstić information content (AvgIpc) is 2.35. The molecule has 0 radical (unpaired) electrons. The van der Waals surface area contributed by atoms with Gasteiger partial charge >= 0.3 is 0 Å². The van der Waals surface area contributed by atoms with Crippen LogP contribution in [0, 0.1) is 11.6 Å². The van der Waals surface area contributed by atoms with Gasteiger partial charge in [0.2, 0.25) is 5.82 Å². The Balaban J connectivity index is 2.45. The molecule has 19 heavy (non-hydrogen) atoms. The third-order valence-corrected chi connectivity index (χ3v) is 2.80. The van der Waals surface area contributed by atoms with E-state index in [2.05, 4.69) is 0 Å². The molecule has 0 aliphatic carbocycles. The Morgan fingerprint density at radius 2 is 1.89 bits per heavy atom. The van der Waals surface area contributed by atoms with Gasteiger partial charge in [-0.15, -0.1) is 0 Å². The van der Waals surface area contributed by atoms with Crippen LogP contribution in [0.5, 0.6) is 11.5 Å². The van der Waals surface area contributed by atoms with Crippen molar-refractivity contribution >= 4 is 28.8 Å². The number of ether oxygens (including phenoxy) is 1. The zero-order valence-electron chi connectivity index (χ0n) is 9.49. The molecule has 2 N–H and O–H groups in total. The highest BCUT2D eigenvalue weighted by atomic mass is 35.5. The lowest BCUT2D eigenvalue weighted by Crippen LogP contribution is -2.10. The van der Waals surface area contributed by atoms with Gasteiger partial charge < -0.3 is 10.5 Å². The molecule has 0 amide bonds. The number of thiocarbonyl (C=S) groups is 1. The molecular weight excluding hydrogens is 292 g/mol. The summed E-state index contributed by atoms with van der Waals surface area (Å²) < 4.78 is 31.9. The molecule has 0 aliphatic rings. The van der Waals surface area contributed by atoms with Gasteiger partial charge in [-0.1, -0.05) is 29.9 Å². The van der Waals surface area contributed by atoms with E-state index in [1.54, 1.807) is 12.1 Å². The molecule has 0 unspecified atom stereocenters. The third kappa shape index (κ3) is 3.00. The minimum absolute atomic E-state index is 0.0727. The molecule has 0 heterocycles. The largest absolute Gasteiger partial charge is 0.453 e. The molecule has 2 aromatic carbocycles. The molecule has 0 spiro atoms. The molecule has 0 aromatic heterocycles. The highest BCUT2D eigenvalue weighted by Gasteiger charge is 2.13. The van der Waals surface area contributed by atoms with Gasteiger partial charge in [-0.3, -0.25) is 0 Å². The van der Waals surface area contributed by atoms with Crippen molar-refractivity contribution in [2.45, 2.75) is 0 Å². The second kappa shape index (κ2) is 5.50. The predicted molar refractivity (Wildman–Crippen MR) is 73.8 cm³/mol. The van der Waals surface area contributed by atoms with E-state index >= 15 is 0 Å². The van der Waals surface area contributed by atoms with Crippen LogP contribution in [0.2, 0.25) is 5.02 Å². The Labute approximate surface area is 118 Å². The summed E-state index contributed by atoms with van der Waals surface area (Å²) in [6, 6.07) is 8.18. The van der Waals surface area contributed by atoms with E-state index in [0.29, 0.717) is 10.6 Å². The fourth-order valence-electron chi connectivity index (χ4n) is 1.47. The van der Waals surface area contributed by atoms with E-state index < -0.39 is 11.6 Å². The van der Waals surface area contributed by atoms with E-state index in [1.807, 2.05) is 0 Å². The molecule has 2 aromatic rings. The van der Waals surface area contributed by atoms with Gasteiger partial charge in [0.1, 0.15) is 10.7 Å². The summed E-state index contributed by atoms with van der Waals surface area (Å²) >= 11 is 10.7. The monoisotopic (exact) mass is 299 g/mol. The standard InChI is InChI=1S/C13H8ClF2NOS/c14-7-4-5-8(13(17)19)11(6-7)18-10-3-1-2-9(15)12(10)16/h1-6H,(H2,17,19). The van der Waals surface area contributed by atoms with Crippen molar-refractivity contribution in [1.82, 2.24) is 0 Å². The molecule has 0 atom stereocenters. The van der Waals surface area contributed by atoms with Crippen LogP contribution in [-0.4, -0.2) is 4.99 Å². The number of nitrogens with two attached hydrogens (primary N) is 1. The van der Waals surface area contributed by atoms with Crippen molar-refractivity contribution in [2.24, 2.45) is 5.73 Å². The van der Waals surface area contributed by atoms with Gasteiger partial charge in [-0.05, 0) is 24.3 Å². The highest BCUT2D eigenvalue weighted by Crippen LogP contribution is 2.30. The third-order valence-electron chi connectivity index (χ3n) is 2.35. The van der Waals surface area contributed by atoms with Gasteiger partial charge in [0.05, 0.1) is 5.56 Å². The Morgan fingerprint density at radius 1 is 1.16 bits per heavy atom. The molecule has 0 fully saturated rings. The van der Waals surface area contributed by atoms with Crippen molar-refractivity contribution in [1.29, 1.82) is 0 Å². The molecule has 98 valence electrons. The lowest BCUT2D eigenvalue weighted by atomic mass is 10.2. The molecule has 0 bridgehead atoms. The predicted octanol–water partition coefficient (Wildman–Crippen LogP) is 4.04. The van der Waals surface area contributed by atoms with Crippen molar-refractivity contribution in [2.75, 3.05) is 0 Å². The van der Waals surface area contributed by atoms with Crippen LogP contribution in [0.4, 0.5) is 8.78 Å². The summed E-state index contributed by atoms with van der Waals surface area (Å²) in [5.41, 5.74) is 5.92. The Kier molecular flexibility index (Phi) is 3.97. The zero-order valence-corrected chi connectivity index (χ0v) is 11.1. The summed E-state index contributed by atoms with van der Waals surface area (Å²) in [4.78, 5) is 0.0727. The van der Waals surface area contributed by atoms with E-state index in [1.165, 1.54) is 18.2 Å². The van der Waals surface area contributed by atoms with Crippen LogP contribution in [0.15, 0.2) is 36.4 Å². The zero-order chi connectivity index (χ0) is 14.0. The van der Waals surface area contributed by atoms with Crippen molar-refractivity contribution in [3.63, 3.8) is 0 Å². The highest BCUT2D eigenvalue weighted by molar-refractivity contribution is 7.80. The maximum atomic E-state index is 13.5. The maximum Gasteiger partial charge on any atom is 0.201 e. The fraction of sp³-hybridized carbons (Fsp3) is 0. The van der Waals surface area contributed by atoms with Gasteiger partial charge in [-0.2, -0.15) is 4.39 Å². The molecule has 0 saturated carbocycles.